The molecule has 1 fully saturated rings. The molecule has 0 bridgehead atoms. The van der Waals surface area contributed by atoms with Crippen molar-refractivity contribution in [2.75, 3.05) is 10.7 Å². The molecule has 0 spiro atoms. The number of fused-ring (bicyclic) bond motifs is 1. The van der Waals surface area contributed by atoms with Crippen molar-refractivity contribution in [3.05, 3.63) is 59.7 Å². The Labute approximate surface area is 170 Å². The SMILES string of the molecule is C[C@H]1CCCC[C@H]1NC(=O)c1ccc2c(c1)N(Cc1ccccc1)C(=O)CS2. The van der Waals surface area contributed by atoms with Gasteiger partial charge in [-0.15, -0.1) is 11.8 Å². The number of carbonyl (C=O) groups excluding carboxylic acids is 2. The summed E-state index contributed by atoms with van der Waals surface area (Å²) in [7, 11) is 0. The van der Waals surface area contributed by atoms with E-state index in [0.29, 0.717) is 23.8 Å². The summed E-state index contributed by atoms with van der Waals surface area (Å²) in [6.45, 7) is 2.74. The van der Waals surface area contributed by atoms with Crippen LogP contribution >= 0.6 is 11.8 Å². The van der Waals surface area contributed by atoms with Gasteiger partial charge in [-0.2, -0.15) is 0 Å². The minimum atomic E-state index is -0.0377. The summed E-state index contributed by atoms with van der Waals surface area (Å²) in [6, 6.07) is 16.0. The monoisotopic (exact) mass is 394 g/mol. The topological polar surface area (TPSA) is 49.4 Å². The van der Waals surface area contributed by atoms with Crippen LogP contribution in [0.3, 0.4) is 0 Å². The molecule has 4 rings (SSSR count). The molecular formula is C23H26N2O2S. The van der Waals surface area contributed by atoms with Crippen molar-refractivity contribution in [3.63, 3.8) is 0 Å². The van der Waals surface area contributed by atoms with Gasteiger partial charge in [0.25, 0.3) is 5.91 Å². The molecule has 1 aliphatic heterocycles. The van der Waals surface area contributed by atoms with Crippen LogP contribution in [0, 0.1) is 5.92 Å². The number of hydrogen-bond acceptors (Lipinski definition) is 3. The van der Waals surface area contributed by atoms with E-state index in [4.69, 9.17) is 0 Å². The molecule has 0 saturated heterocycles. The maximum absolute atomic E-state index is 12.9. The molecule has 2 aliphatic rings. The first-order chi connectivity index (χ1) is 13.6. The third kappa shape index (κ3) is 4.09. The number of anilines is 1. The van der Waals surface area contributed by atoms with Crippen molar-refractivity contribution in [2.45, 2.75) is 50.1 Å². The van der Waals surface area contributed by atoms with Gasteiger partial charge in [0.2, 0.25) is 5.91 Å². The maximum atomic E-state index is 12.9. The highest BCUT2D eigenvalue weighted by Crippen LogP contribution is 2.37. The predicted molar refractivity (Wildman–Crippen MR) is 114 cm³/mol. The Morgan fingerprint density at radius 1 is 1.14 bits per heavy atom. The van der Waals surface area contributed by atoms with Gasteiger partial charge in [-0.25, -0.2) is 0 Å². The Bertz CT molecular complexity index is 868. The summed E-state index contributed by atoms with van der Waals surface area (Å²) in [5.74, 6) is 0.997. The van der Waals surface area contributed by atoms with Crippen molar-refractivity contribution in [1.82, 2.24) is 5.32 Å². The Morgan fingerprint density at radius 3 is 2.71 bits per heavy atom. The first-order valence-electron chi connectivity index (χ1n) is 10.0. The summed E-state index contributed by atoms with van der Waals surface area (Å²) >= 11 is 1.54. The molecule has 2 aromatic carbocycles. The Balaban J connectivity index is 1.57. The van der Waals surface area contributed by atoms with E-state index in [0.717, 1.165) is 22.6 Å². The van der Waals surface area contributed by atoms with Gasteiger partial charge in [-0.3, -0.25) is 9.59 Å². The second-order valence-corrected chi connectivity index (χ2v) is 8.80. The maximum Gasteiger partial charge on any atom is 0.251 e. The summed E-state index contributed by atoms with van der Waals surface area (Å²) in [5.41, 5.74) is 2.55. The van der Waals surface area contributed by atoms with Gasteiger partial charge in [-0.1, -0.05) is 50.1 Å². The molecule has 146 valence electrons. The lowest BCUT2D eigenvalue weighted by molar-refractivity contribution is -0.116. The molecular weight excluding hydrogens is 368 g/mol. The Kier molecular flexibility index (Phi) is 5.72. The van der Waals surface area contributed by atoms with Gasteiger partial charge in [-0.05, 0) is 42.5 Å². The highest BCUT2D eigenvalue weighted by Gasteiger charge is 2.27. The molecule has 1 saturated carbocycles. The van der Waals surface area contributed by atoms with Crippen LogP contribution < -0.4 is 10.2 Å². The van der Waals surface area contributed by atoms with E-state index in [1.165, 1.54) is 19.3 Å². The third-order valence-electron chi connectivity index (χ3n) is 5.78. The molecule has 28 heavy (non-hydrogen) atoms. The first kappa shape index (κ1) is 19.1. The number of amides is 2. The smallest absolute Gasteiger partial charge is 0.251 e. The van der Waals surface area contributed by atoms with Gasteiger partial charge in [0.1, 0.15) is 0 Å². The molecule has 0 radical (unpaired) electrons. The Hall–Kier alpha value is -2.27. The quantitative estimate of drug-likeness (QED) is 0.822. The Morgan fingerprint density at radius 2 is 1.93 bits per heavy atom. The fourth-order valence-corrected chi connectivity index (χ4v) is 4.98. The molecule has 5 heteroatoms. The van der Waals surface area contributed by atoms with Crippen molar-refractivity contribution in [1.29, 1.82) is 0 Å². The molecule has 1 aliphatic carbocycles. The van der Waals surface area contributed by atoms with Gasteiger partial charge >= 0.3 is 0 Å². The number of nitrogens with one attached hydrogen (secondary N) is 1. The van der Waals surface area contributed by atoms with E-state index in [1.54, 1.807) is 16.7 Å². The molecule has 1 N–H and O–H groups in total. The van der Waals surface area contributed by atoms with E-state index in [9.17, 15) is 9.59 Å². The van der Waals surface area contributed by atoms with Crippen molar-refractivity contribution >= 4 is 29.3 Å². The molecule has 0 unspecified atom stereocenters. The van der Waals surface area contributed by atoms with Gasteiger partial charge < -0.3 is 10.2 Å². The van der Waals surface area contributed by atoms with Crippen LogP contribution in [0.1, 0.15) is 48.5 Å². The fourth-order valence-electron chi connectivity index (χ4n) is 4.07. The normalized spacial score (nSPS) is 21.9. The highest BCUT2D eigenvalue weighted by atomic mass is 32.2. The van der Waals surface area contributed by atoms with Crippen LogP contribution in [0.5, 0.6) is 0 Å². The van der Waals surface area contributed by atoms with Crippen molar-refractivity contribution < 1.29 is 9.59 Å². The van der Waals surface area contributed by atoms with E-state index in [1.807, 2.05) is 48.5 Å². The summed E-state index contributed by atoms with van der Waals surface area (Å²) in [5, 5.41) is 3.22. The summed E-state index contributed by atoms with van der Waals surface area (Å²) in [6.07, 6.45) is 4.65. The van der Waals surface area contributed by atoms with E-state index in [-0.39, 0.29) is 17.9 Å². The fraction of sp³-hybridized carbons (Fsp3) is 0.391. The van der Waals surface area contributed by atoms with Crippen LogP contribution in [0.4, 0.5) is 5.69 Å². The van der Waals surface area contributed by atoms with Gasteiger partial charge in [0.05, 0.1) is 18.0 Å². The van der Waals surface area contributed by atoms with E-state index in [2.05, 4.69) is 12.2 Å². The lowest BCUT2D eigenvalue weighted by Crippen LogP contribution is -2.41. The van der Waals surface area contributed by atoms with Crippen LogP contribution in [0.25, 0.3) is 0 Å². The highest BCUT2D eigenvalue weighted by molar-refractivity contribution is 8.00. The largest absolute Gasteiger partial charge is 0.349 e. The molecule has 2 amide bonds. The average Bonchev–Trinajstić information content (AvgIpc) is 2.72. The van der Waals surface area contributed by atoms with E-state index < -0.39 is 0 Å². The minimum Gasteiger partial charge on any atom is -0.349 e. The zero-order chi connectivity index (χ0) is 19.5. The third-order valence-corrected chi connectivity index (χ3v) is 6.82. The average molecular weight is 395 g/mol. The number of hydrogen-bond donors (Lipinski definition) is 1. The molecule has 2 atom stereocenters. The van der Waals surface area contributed by atoms with Crippen LogP contribution in [-0.4, -0.2) is 23.6 Å². The standard InChI is InChI=1S/C23H26N2O2S/c1-16-7-5-6-10-19(16)24-23(27)18-11-12-21-20(13-18)25(22(26)15-28-21)14-17-8-3-2-4-9-17/h2-4,8-9,11-13,16,19H,5-7,10,14-15H2,1H3,(H,24,27)/t16-,19+/m0/s1. The minimum absolute atomic E-state index is 0.0377. The number of rotatable bonds is 4. The lowest BCUT2D eigenvalue weighted by atomic mass is 9.86. The molecule has 0 aromatic heterocycles. The molecule has 1 heterocycles. The lowest BCUT2D eigenvalue weighted by Gasteiger charge is -2.31. The second kappa shape index (κ2) is 8.39. The van der Waals surface area contributed by atoms with Gasteiger partial charge in [0.15, 0.2) is 0 Å². The first-order valence-corrected chi connectivity index (χ1v) is 11.0. The zero-order valence-electron chi connectivity index (χ0n) is 16.2. The summed E-state index contributed by atoms with van der Waals surface area (Å²) < 4.78 is 0. The number of carbonyl (C=O) groups is 2. The molecule has 2 aromatic rings. The predicted octanol–water partition coefficient (Wildman–Crippen LogP) is 4.63. The zero-order valence-corrected chi connectivity index (χ0v) is 17.0. The number of benzene rings is 2. The van der Waals surface area contributed by atoms with Gasteiger partial charge in [0, 0.05) is 16.5 Å². The van der Waals surface area contributed by atoms with Crippen molar-refractivity contribution in [2.24, 2.45) is 5.92 Å². The van der Waals surface area contributed by atoms with Crippen LogP contribution in [0.15, 0.2) is 53.4 Å². The number of thioether (sulfide) groups is 1. The number of nitrogens with zero attached hydrogens (tertiary/aromatic N) is 1. The van der Waals surface area contributed by atoms with Crippen LogP contribution in [-0.2, 0) is 11.3 Å². The summed E-state index contributed by atoms with van der Waals surface area (Å²) in [4.78, 5) is 28.3. The second-order valence-electron chi connectivity index (χ2n) is 7.78. The molecule has 4 nitrogen and oxygen atoms in total. The van der Waals surface area contributed by atoms with Crippen LogP contribution in [0.2, 0.25) is 0 Å². The van der Waals surface area contributed by atoms with Crippen molar-refractivity contribution in [3.8, 4) is 0 Å². The van der Waals surface area contributed by atoms with E-state index >= 15 is 0 Å².